The van der Waals surface area contributed by atoms with Gasteiger partial charge in [-0.3, -0.25) is 4.79 Å². The van der Waals surface area contributed by atoms with Crippen molar-refractivity contribution in [3.63, 3.8) is 0 Å². The van der Waals surface area contributed by atoms with Crippen molar-refractivity contribution in [2.24, 2.45) is 0 Å². The van der Waals surface area contributed by atoms with Crippen molar-refractivity contribution in [2.45, 2.75) is 0 Å². The van der Waals surface area contributed by atoms with Crippen LogP contribution in [-0.4, -0.2) is 16.8 Å². The van der Waals surface area contributed by atoms with Crippen LogP contribution in [0.4, 0.5) is 0 Å². The normalized spacial score (nSPS) is 9.50. The number of rotatable bonds is 2. The maximum absolute atomic E-state index is 11.3. The van der Waals surface area contributed by atoms with E-state index in [1.54, 1.807) is 0 Å². The summed E-state index contributed by atoms with van der Waals surface area (Å²) in [4.78, 5) is 11.3. The second kappa shape index (κ2) is 4.62. The molecular formula is C9H5ClINO2. The summed E-state index contributed by atoms with van der Waals surface area (Å²) in [5, 5.41) is 18.0. The maximum atomic E-state index is 11.3. The van der Waals surface area contributed by atoms with Crippen molar-refractivity contribution in [2.75, 3.05) is 5.88 Å². The van der Waals surface area contributed by atoms with Crippen LogP contribution in [-0.2, 0) is 0 Å². The molecule has 0 bridgehead atoms. The largest absolute Gasteiger partial charge is 0.507 e. The second-order valence-corrected chi connectivity index (χ2v) is 3.87. The first kappa shape index (κ1) is 11.3. The molecule has 1 aromatic carbocycles. The lowest BCUT2D eigenvalue weighted by Gasteiger charge is -2.04. The van der Waals surface area contributed by atoms with Gasteiger partial charge < -0.3 is 5.11 Å². The fourth-order valence-corrected chi connectivity index (χ4v) is 1.70. The Hall–Kier alpha value is -0.800. The van der Waals surface area contributed by atoms with E-state index in [1.165, 1.54) is 12.1 Å². The molecule has 0 unspecified atom stereocenters. The standard InChI is InChI=1S/C9H5ClINO2/c10-3-8(14)6-1-5(4-12)2-7(13)9(6)11/h1-2,13H,3H2. The van der Waals surface area contributed by atoms with Gasteiger partial charge in [-0.15, -0.1) is 11.6 Å². The van der Waals surface area contributed by atoms with Crippen molar-refractivity contribution in [1.29, 1.82) is 5.26 Å². The molecule has 0 aliphatic carbocycles. The molecule has 0 radical (unpaired) electrons. The minimum Gasteiger partial charge on any atom is -0.507 e. The Balaban J connectivity index is 3.36. The number of carbonyl (C=O) groups is 1. The number of phenols is 1. The number of hydrogen-bond acceptors (Lipinski definition) is 3. The predicted octanol–water partition coefficient (Wildman–Crippen LogP) is 2.29. The Morgan fingerprint density at radius 2 is 2.29 bits per heavy atom. The van der Waals surface area contributed by atoms with Gasteiger partial charge in [-0.2, -0.15) is 5.26 Å². The van der Waals surface area contributed by atoms with Gasteiger partial charge >= 0.3 is 0 Å². The zero-order chi connectivity index (χ0) is 10.7. The summed E-state index contributed by atoms with van der Waals surface area (Å²) in [7, 11) is 0. The lowest BCUT2D eigenvalue weighted by Crippen LogP contribution is -2.03. The highest BCUT2D eigenvalue weighted by atomic mass is 127. The molecule has 1 rings (SSSR count). The molecule has 0 amide bonds. The Morgan fingerprint density at radius 1 is 1.64 bits per heavy atom. The van der Waals surface area contributed by atoms with E-state index < -0.39 is 0 Å². The number of Topliss-reactive ketones (excluding diaryl/α,β-unsaturated/α-hetero) is 1. The lowest BCUT2D eigenvalue weighted by atomic mass is 10.1. The monoisotopic (exact) mass is 321 g/mol. The number of nitrogens with zero attached hydrogens (tertiary/aromatic N) is 1. The summed E-state index contributed by atoms with van der Waals surface area (Å²) in [5.74, 6) is -0.536. The van der Waals surface area contributed by atoms with Crippen molar-refractivity contribution in [3.05, 3.63) is 26.8 Å². The number of halogens is 2. The predicted molar refractivity (Wildman–Crippen MR) is 60.6 cm³/mol. The summed E-state index contributed by atoms with van der Waals surface area (Å²) in [6, 6.07) is 4.59. The highest BCUT2D eigenvalue weighted by Crippen LogP contribution is 2.25. The first-order chi connectivity index (χ1) is 6.60. The Labute approximate surface area is 99.4 Å². The molecule has 0 fully saturated rings. The quantitative estimate of drug-likeness (QED) is 0.516. The van der Waals surface area contributed by atoms with Gasteiger partial charge in [0.05, 0.1) is 21.1 Å². The van der Waals surface area contributed by atoms with Gasteiger partial charge in [0.1, 0.15) is 5.75 Å². The molecule has 14 heavy (non-hydrogen) atoms. The number of nitriles is 1. The number of ketones is 1. The van der Waals surface area contributed by atoms with Crippen LogP contribution < -0.4 is 0 Å². The van der Waals surface area contributed by atoms with Crippen LogP contribution in [0.2, 0.25) is 0 Å². The molecule has 5 heteroatoms. The first-order valence-electron chi connectivity index (χ1n) is 3.62. The lowest BCUT2D eigenvalue weighted by molar-refractivity contribution is 0.101. The van der Waals surface area contributed by atoms with Crippen LogP contribution in [0.25, 0.3) is 0 Å². The molecule has 0 aliphatic heterocycles. The Kier molecular flexibility index (Phi) is 3.72. The third-order valence-electron chi connectivity index (χ3n) is 1.60. The number of benzene rings is 1. The Bertz CT molecular complexity index is 426. The Morgan fingerprint density at radius 3 is 2.79 bits per heavy atom. The van der Waals surface area contributed by atoms with Crippen LogP contribution in [0.1, 0.15) is 15.9 Å². The van der Waals surface area contributed by atoms with Crippen LogP contribution >= 0.6 is 34.2 Å². The molecule has 1 N–H and O–H groups in total. The van der Waals surface area contributed by atoms with Gasteiger partial charge in [-0.05, 0) is 34.7 Å². The summed E-state index contributed by atoms with van der Waals surface area (Å²) >= 11 is 7.23. The molecule has 0 saturated heterocycles. The van der Waals surface area contributed by atoms with Crippen molar-refractivity contribution in [3.8, 4) is 11.8 Å². The van der Waals surface area contributed by atoms with Gasteiger partial charge in [0, 0.05) is 5.56 Å². The average Bonchev–Trinajstić information content (AvgIpc) is 2.20. The second-order valence-electron chi connectivity index (χ2n) is 2.53. The number of phenolic OH excluding ortho intramolecular Hbond substituents is 1. The molecule has 3 nitrogen and oxygen atoms in total. The molecule has 0 spiro atoms. The molecule has 0 aromatic heterocycles. The number of alkyl halides is 1. The zero-order valence-electron chi connectivity index (χ0n) is 6.92. The van der Waals surface area contributed by atoms with E-state index in [9.17, 15) is 9.90 Å². The van der Waals surface area contributed by atoms with Gasteiger partial charge in [-0.1, -0.05) is 0 Å². The van der Waals surface area contributed by atoms with Crippen LogP contribution in [0.5, 0.6) is 5.75 Å². The topological polar surface area (TPSA) is 61.1 Å². The smallest absolute Gasteiger partial charge is 0.178 e. The van der Waals surface area contributed by atoms with Gasteiger partial charge in [0.15, 0.2) is 5.78 Å². The highest BCUT2D eigenvalue weighted by molar-refractivity contribution is 14.1. The summed E-state index contributed by atoms with van der Waals surface area (Å²) in [5.41, 5.74) is 0.536. The molecule has 1 aromatic rings. The molecule has 0 atom stereocenters. The minimum atomic E-state index is -0.302. The van der Waals surface area contributed by atoms with Gasteiger partial charge in [0.25, 0.3) is 0 Å². The number of hydrogen-bond donors (Lipinski definition) is 1. The third-order valence-corrected chi connectivity index (χ3v) is 2.98. The molecular weight excluding hydrogens is 316 g/mol. The molecule has 72 valence electrons. The van der Waals surface area contributed by atoms with Gasteiger partial charge in [0.2, 0.25) is 0 Å². The SMILES string of the molecule is N#Cc1cc(O)c(I)c(C(=O)CCl)c1. The van der Waals surface area contributed by atoms with Crippen molar-refractivity contribution >= 4 is 40.0 Å². The molecule has 0 aliphatic rings. The number of carbonyl (C=O) groups excluding carboxylic acids is 1. The zero-order valence-corrected chi connectivity index (χ0v) is 9.83. The van der Waals surface area contributed by atoms with E-state index in [-0.39, 0.29) is 28.5 Å². The van der Waals surface area contributed by atoms with Crippen molar-refractivity contribution < 1.29 is 9.90 Å². The van der Waals surface area contributed by atoms with Crippen LogP contribution in [0.15, 0.2) is 12.1 Å². The van der Waals surface area contributed by atoms with E-state index in [0.717, 1.165) is 0 Å². The van der Waals surface area contributed by atoms with E-state index in [1.807, 2.05) is 28.7 Å². The molecule has 0 heterocycles. The van der Waals surface area contributed by atoms with E-state index >= 15 is 0 Å². The summed E-state index contributed by atoms with van der Waals surface area (Å²) < 4.78 is 0.423. The van der Waals surface area contributed by atoms with E-state index in [4.69, 9.17) is 16.9 Å². The first-order valence-corrected chi connectivity index (χ1v) is 5.23. The fraction of sp³-hybridized carbons (Fsp3) is 0.111. The maximum Gasteiger partial charge on any atom is 0.178 e. The fourth-order valence-electron chi connectivity index (χ4n) is 0.949. The van der Waals surface area contributed by atoms with Crippen LogP contribution in [0.3, 0.4) is 0 Å². The van der Waals surface area contributed by atoms with Crippen molar-refractivity contribution in [1.82, 2.24) is 0 Å². The summed E-state index contributed by atoms with van der Waals surface area (Å²) in [6.07, 6.45) is 0. The highest BCUT2D eigenvalue weighted by Gasteiger charge is 2.13. The minimum absolute atomic E-state index is 0.0712. The molecule has 0 saturated carbocycles. The average molecular weight is 322 g/mol. The summed E-state index contributed by atoms with van der Waals surface area (Å²) in [6.45, 7) is 0. The number of aromatic hydroxyl groups is 1. The third kappa shape index (κ3) is 2.16. The van der Waals surface area contributed by atoms with Crippen LogP contribution in [0, 0.1) is 14.9 Å². The van der Waals surface area contributed by atoms with Gasteiger partial charge in [-0.25, -0.2) is 0 Å². The van der Waals surface area contributed by atoms with E-state index in [0.29, 0.717) is 3.57 Å². The van der Waals surface area contributed by atoms with E-state index in [2.05, 4.69) is 0 Å².